The van der Waals surface area contributed by atoms with Crippen molar-refractivity contribution in [2.75, 3.05) is 4.90 Å². The number of nitriles is 1. The summed E-state index contributed by atoms with van der Waals surface area (Å²) in [7, 11) is 0. The minimum absolute atomic E-state index is 0.357. The Morgan fingerprint density at radius 2 is 1.20 bits per heavy atom. The van der Waals surface area contributed by atoms with Gasteiger partial charge in [-0.2, -0.15) is 5.26 Å². The molecule has 1 aromatic heterocycles. The summed E-state index contributed by atoms with van der Waals surface area (Å²) in [4.78, 5) is 29.9. The molecule has 0 N–H and O–H groups in total. The van der Waals surface area contributed by atoms with Gasteiger partial charge in [0.2, 0.25) is 0 Å². The van der Waals surface area contributed by atoms with Crippen LogP contribution in [0, 0.1) is 11.3 Å². The lowest BCUT2D eigenvalue weighted by atomic mass is 9.97. The van der Waals surface area contributed by atoms with Gasteiger partial charge in [-0.1, -0.05) is 91.0 Å². The van der Waals surface area contributed by atoms with Gasteiger partial charge in [-0.3, -0.25) is 9.59 Å². The highest BCUT2D eigenvalue weighted by atomic mass is 16.2. The van der Waals surface area contributed by atoms with Gasteiger partial charge >= 0.3 is 0 Å². The molecule has 1 aliphatic heterocycles. The lowest BCUT2D eigenvalue weighted by Gasteiger charge is -2.20. The predicted octanol–water partition coefficient (Wildman–Crippen LogP) is 8.79. The van der Waals surface area contributed by atoms with Gasteiger partial charge in [0, 0.05) is 16.3 Å². The molecule has 0 unspecified atom stereocenters. The lowest BCUT2D eigenvalue weighted by molar-refractivity contribution is 0.0926. The molecule has 44 heavy (non-hydrogen) atoms. The van der Waals surface area contributed by atoms with Crippen molar-refractivity contribution in [2.24, 2.45) is 0 Å². The van der Waals surface area contributed by atoms with Crippen molar-refractivity contribution < 1.29 is 9.59 Å². The number of amides is 2. The van der Waals surface area contributed by atoms with E-state index < -0.39 is 0 Å². The third-order valence-electron chi connectivity index (χ3n) is 8.36. The van der Waals surface area contributed by atoms with Crippen molar-refractivity contribution in [3.05, 3.63) is 156 Å². The molecule has 206 valence electrons. The maximum absolute atomic E-state index is 14.5. The van der Waals surface area contributed by atoms with E-state index >= 15 is 0 Å². The molecule has 6 aromatic carbocycles. The number of nitrogens with zero attached hydrogens (tertiary/aromatic N) is 3. The number of aromatic nitrogens is 1. The third kappa shape index (κ3) is 3.79. The van der Waals surface area contributed by atoms with Crippen LogP contribution in [0.1, 0.15) is 26.3 Å². The zero-order valence-corrected chi connectivity index (χ0v) is 23.4. The molecular weight excluding hydrogens is 542 g/mol. The average Bonchev–Trinajstić information content (AvgIpc) is 3.55. The number of hydrogen-bond acceptors (Lipinski definition) is 3. The fourth-order valence-electron chi connectivity index (χ4n) is 6.36. The van der Waals surface area contributed by atoms with Crippen LogP contribution in [0.25, 0.3) is 49.7 Å². The molecule has 2 heterocycles. The maximum Gasteiger partial charge on any atom is 0.268 e. The van der Waals surface area contributed by atoms with Gasteiger partial charge in [0.05, 0.1) is 45.2 Å². The number of carbonyl (C=O) groups is 2. The molecule has 5 heteroatoms. The molecule has 0 saturated carbocycles. The molecule has 0 fully saturated rings. The van der Waals surface area contributed by atoms with E-state index in [4.69, 9.17) is 0 Å². The van der Waals surface area contributed by atoms with Crippen LogP contribution < -0.4 is 4.90 Å². The number of rotatable bonds is 4. The van der Waals surface area contributed by atoms with E-state index in [1.54, 1.807) is 12.1 Å². The highest BCUT2D eigenvalue weighted by Crippen LogP contribution is 2.41. The van der Waals surface area contributed by atoms with Crippen molar-refractivity contribution in [3.63, 3.8) is 0 Å². The van der Waals surface area contributed by atoms with E-state index in [9.17, 15) is 14.9 Å². The van der Waals surface area contributed by atoms with Crippen LogP contribution in [0.3, 0.4) is 0 Å². The first-order valence-electron chi connectivity index (χ1n) is 14.3. The lowest BCUT2D eigenvalue weighted by Crippen LogP contribution is -2.30. The van der Waals surface area contributed by atoms with E-state index in [0.717, 1.165) is 44.1 Å². The number of imide groups is 1. The van der Waals surface area contributed by atoms with E-state index in [0.29, 0.717) is 28.1 Å². The number of carbonyl (C=O) groups excluding carboxylic acids is 2. The summed E-state index contributed by atoms with van der Waals surface area (Å²) in [6.45, 7) is 0. The normalized spacial score (nSPS) is 12.6. The number of fused-ring (bicyclic) bond motifs is 4. The number of benzene rings is 6. The Hall–Kier alpha value is -6.25. The van der Waals surface area contributed by atoms with Gasteiger partial charge in [0.1, 0.15) is 0 Å². The summed E-state index contributed by atoms with van der Waals surface area (Å²) in [5.74, 6) is -0.728. The summed E-state index contributed by atoms with van der Waals surface area (Å²) < 4.78 is 2.02. The highest BCUT2D eigenvalue weighted by Gasteiger charge is 2.40. The largest absolute Gasteiger partial charge is 0.308 e. The minimum Gasteiger partial charge on any atom is -0.308 e. The molecule has 5 nitrogen and oxygen atoms in total. The van der Waals surface area contributed by atoms with Crippen molar-refractivity contribution in [3.8, 4) is 34.0 Å². The van der Waals surface area contributed by atoms with E-state index in [1.807, 2.05) is 132 Å². The molecule has 0 radical (unpaired) electrons. The number of para-hydroxylation sites is 1. The Labute approximate surface area is 253 Å². The predicted molar refractivity (Wildman–Crippen MR) is 174 cm³/mol. The Bertz CT molecular complexity index is 2330. The smallest absolute Gasteiger partial charge is 0.268 e. The van der Waals surface area contributed by atoms with Crippen LogP contribution in [0.4, 0.5) is 5.69 Å². The number of hydrogen-bond donors (Lipinski definition) is 0. The van der Waals surface area contributed by atoms with E-state index in [1.165, 1.54) is 4.90 Å². The topological polar surface area (TPSA) is 66.1 Å². The van der Waals surface area contributed by atoms with Crippen LogP contribution in [0.15, 0.2) is 140 Å². The minimum atomic E-state index is -0.371. The molecule has 8 rings (SSSR count). The zero-order chi connectivity index (χ0) is 29.8. The van der Waals surface area contributed by atoms with Gasteiger partial charge in [-0.25, -0.2) is 4.90 Å². The molecule has 0 spiro atoms. The first kappa shape index (κ1) is 25.5. The van der Waals surface area contributed by atoms with E-state index in [2.05, 4.69) is 6.07 Å². The van der Waals surface area contributed by atoms with Crippen LogP contribution in [-0.2, 0) is 0 Å². The Balaban J connectivity index is 1.33. The highest BCUT2D eigenvalue weighted by molar-refractivity contribution is 6.36. The van der Waals surface area contributed by atoms with Crippen molar-refractivity contribution in [2.45, 2.75) is 0 Å². The molecular formula is C39H23N3O2. The molecule has 7 aromatic rings. The first-order chi connectivity index (χ1) is 21.6. The molecule has 0 saturated heterocycles. The summed E-state index contributed by atoms with van der Waals surface area (Å²) in [5, 5.41) is 11.4. The summed E-state index contributed by atoms with van der Waals surface area (Å²) in [6.07, 6.45) is 0. The number of anilines is 1. The second-order valence-electron chi connectivity index (χ2n) is 10.8. The van der Waals surface area contributed by atoms with Crippen molar-refractivity contribution >= 4 is 39.3 Å². The second kappa shape index (κ2) is 9.94. The molecule has 0 atom stereocenters. The Kier molecular flexibility index (Phi) is 5.75. The van der Waals surface area contributed by atoms with Crippen LogP contribution in [0.5, 0.6) is 0 Å². The van der Waals surface area contributed by atoms with Gasteiger partial charge < -0.3 is 4.57 Å². The van der Waals surface area contributed by atoms with Crippen LogP contribution in [-0.4, -0.2) is 16.4 Å². The summed E-state index contributed by atoms with van der Waals surface area (Å²) >= 11 is 0. The summed E-state index contributed by atoms with van der Waals surface area (Å²) in [5.41, 5.74) is 7.93. The second-order valence-corrected chi connectivity index (χ2v) is 10.8. The van der Waals surface area contributed by atoms with Crippen molar-refractivity contribution in [1.29, 1.82) is 5.26 Å². The fourth-order valence-corrected chi connectivity index (χ4v) is 6.36. The Morgan fingerprint density at radius 1 is 0.500 bits per heavy atom. The van der Waals surface area contributed by atoms with Gasteiger partial charge in [-0.05, 0) is 65.2 Å². The SMILES string of the molecule is N#Cc1ccc2c(c1)c1ccccc1n2-c1cccc2c1C(=O)N(c1ccc(-c3ccccc3)cc1-c1ccccc1)C2=O. The summed E-state index contributed by atoms with van der Waals surface area (Å²) in [6, 6.07) is 46.9. The van der Waals surface area contributed by atoms with Gasteiger partial charge in [0.25, 0.3) is 11.8 Å². The van der Waals surface area contributed by atoms with Crippen LogP contribution in [0.2, 0.25) is 0 Å². The molecule has 1 aliphatic rings. The first-order valence-corrected chi connectivity index (χ1v) is 14.3. The van der Waals surface area contributed by atoms with Gasteiger partial charge in [-0.15, -0.1) is 0 Å². The fraction of sp³-hybridized carbons (Fsp3) is 0. The Morgan fingerprint density at radius 3 is 1.98 bits per heavy atom. The zero-order valence-electron chi connectivity index (χ0n) is 23.4. The van der Waals surface area contributed by atoms with Crippen LogP contribution >= 0.6 is 0 Å². The molecule has 2 amide bonds. The standard InChI is InChI=1S/C39H23N3O2/c40-24-25-18-20-35-32(22-25)29-14-7-8-16-33(29)41(35)36-17-9-15-30-37(36)39(44)42(38(30)43)34-21-19-28(26-10-3-1-4-11-26)23-31(34)27-12-5-2-6-13-27/h1-23H. The van der Waals surface area contributed by atoms with Gasteiger partial charge in [0.15, 0.2) is 0 Å². The quantitative estimate of drug-likeness (QED) is 0.200. The van der Waals surface area contributed by atoms with E-state index in [-0.39, 0.29) is 11.8 Å². The third-order valence-corrected chi connectivity index (χ3v) is 8.36. The molecule has 0 bridgehead atoms. The monoisotopic (exact) mass is 565 g/mol. The van der Waals surface area contributed by atoms with Crippen molar-refractivity contribution in [1.82, 2.24) is 4.57 Å². The molecule has 0 aliphatic carbocycles. The maximum atomic E-state index is 14.5. The average molecular weight is 566 g/mol.